The van der Waals surface area contributed by atoms with Gasteiger partial charge in [-0.05, 0) is 36.8 Å². The van der Waals surface area contributed by atoms with Gasteiger partial charge in [0.15, 0.2) is 0 Å². The lowest BCUT2D eigenvalue weighted by Gasteiger charge is -2.09. The number of hydrogen-bond donors (Lipinski definition) is 3. The summed E-state index contributed by atoms with van der Waals surface area (Å²) in [6, 6.07) is 14.8. The van der Waals surface area contributed by atoms with Gasteiger partial charge < -0.3 is 20.1 Å². The van der Waals surface area contributed by atoms with Crippen LogP contribution in [-0.2, 0) is 23.2 Å². The Bertz CT molecular complexity index is 956. The predicted octanol–water partition coefficient (Wildman–Crippen LogP) is 3.30. The Labute approximate surface area is 161 Å². The van der Waals surface area contributed by atoms with Crippen LogP contribution in [0.15, 0.2) is 54.7 Å². The molecule has 146 valence electrons. The molecule has 8 heteroatoms. The van der Waals surface area contributed by atoms with Crippen LogP contribution >= 0.6 is 0 Å². The molecule has 3 N–H and O–H groups in total. The maximum Gasteiger partial charge on any atom is 0.414 e. The fraction of sp³-hybridized carbons (Fsp3) is 0.150. The molecule has 3 aromatic rings. The number of hydrogen-bond acceptors (Lipinski definition) is 4. The second-order valence-electron chi connectivity index (χ2n) is 5.99. The van der Waals surface area contributed by atoms with Gasteiger partial charge in [-0.25, -0.2) is 19.0 Å². The number of nitrogens with zero attached hydrogens (tertiary/aromatic N) is 2. The van der Waals surface area contributed by atoms with Gasteiger partial charge in [-0.1, -0.05) is 29.8 Å². The molecular weight excluding hydrogens is 365 g/mol. The number of aliphatic carboxylic acids is 2. The number of imidazole rings is 1. The summed E-state index contributed by atoms with van der Waals surface area (Å²) < 4.78 is 15.0. The first-order valence-electron chi connectivity index (χ1n) is 8.31. The Morgan fingerprint density at radius 1 is 1.11 bits per heavy atom. The number of nitrogens with one attached hydrogen (secondary N) is 1. The molecule has 0 atom stereocenters. The Balaban J connectivity index is 0.000000409. The number of aryl methyl sites for hydroxylation is 1. The summed E-state index contributed by atoms with van der Waals surface area (Å²) in [7, 11) is 1.95. The molecule has 7 nitrogen and oxygen atoms in total. The third kappa shape index (κ3) is 5.66. The SMILES string of the molecule is Cc1cccc(CNc2ncc(-c3ccc(F)cc3)n2C)c1.O=C(O)C(=O)O. The normalized spacial score (nSPS) is 9.96. The van der Waals surface area contributed by atoms with E-state index >= 15 is 0 Å². The first-order valence-corrected chi connectivity index (χ1v) is 8.31. The summed E-state index contributed by atoms with van der Waals surface area (Å²) in [4.78, 5) is 22.6. The second-order valence-corrected chi connectivity index (χ2v) is 5.99. The van der Waals surface area contributed by atoms with Gasteiger partial charge in [0.25, 0.3) is 0 Å². The quantitative estimate of drug-likeness (QED) is 0.595. The highest BCUT2D eigenvalue weighted by Crippen LogP contribution is 2.22. The van der Waals surface area contributed by atoms with Gasteiger partial charge >= 0.3 is 11.9 Å². The lowest BCUT2D eigenvalue weighted by Crippen LogP contribution is -2.09. The molecule has 0 spiro atoms. The van der Waals surface area contributed by atoms with Crippen LogP contribution in [0, 0.1) is 12.7 Å². The molecule has 1 heterocycles. The van der Waals surface area contributed by atoms with Crippen molar-refractivity contribution in [3.63, 3.8) is 0 Å². The van der Waals surface area contributed by atoms with E-state index in [0.717, 1.165) is 23.8 Å². The molecule has 0 amide bonds. The highest BCUT2D eigenvalue weighted by atomic mass is 19.1. The third-order valence-corrected chi connectivity index (χ3v) is 3.84. The Kier molecular flexibility index (Phi) is 6.86. The topological polar surface area (TPSA) is 104 Å². The van der Waals surface area contributed by atoms with Crippen LogP contribution in [0.5, 0.6) is 0 Å². The van der Waals surface area contributed by atoms with Gasteiger partial charge in [0, 0.05) is 19.2 Å². The third-order valence-electron chi connectivity index (χ3n) is 3.84. The number of benzene rings is 2. The Hall–Kier alpha value is -3.68. The maximum atomic E-state index is 13.0. The molecule has 3 rings (SSSR count). The zero-order valence-corrected chi connectivity index (χ0v) is 15.4. The molecule has 0 aliphatic carbocycles. The molecule has 0 aliphatic rings. The summed E-state index contributed by atoms with van der Waals surface area (Å²) in [5, 5.41) is 18.1. The maximum absolute atomic E-state index is 13.0. The Morgan fingerprint density at radius 3 is 2.32 bits per heavy atom. The van der Waals surface area contributed by atoms with Crippen molar-refractivity contribution in [3.8, 4) is 11.3 Å². The van der Waals surface area contributed by atoms with Crippen LogP contribution in [0.2, 0.25) is 0 Å². The van der Waals surface area contributed by atoms with E-state index in [-0.39, 0.29) is 5.82 Å². The van der Waals surface area contributed by atoms with Crippen molar-refractivity contribution in [2.24, 2.45) is 7.05 Å². The molecular formula is C20H20FN3O4. The summed E-state index contributed by atoms with van der Waals surface area (Å²) >= 11 is 0. The highest BCUT2D eigenvalue weighted by Gasteiger charge is 2.08. The number of aromatic nitrogens is 2. The molecule has 2 aromatic carbocycles. The number of rotatable bonds is 4. The molecule has 0 saturated carbocycles. The van der Waals surface area contributed by atoms with E-state index in [1.165, 1.54) is 23.3 Å². The monoisotopic (exact) mass is 385 g/mol. The molecule has 0 unspecified atom stereocenters. The predicted molar refractivity (Wildman–Crippen MR) is 102 cm³/mol. The zero-order chi connectivity index (χ0) is 20.7. The summed E-state index contributed by atoms with van der Waals surface area (Å²) in [6.45, 7) is 2.80. The van der Waals surface area contributed by atoms with Crippen LogP contribution < -0.4 is 5.32 Å². The van der Waals surface area contributed by atoms with Crippen molar-refractivity contribution in [3.05, 3.63) is 71.7 Å². The van der Waals surface area contributed by atoms with Gasteiger partial charge in [-0.2, -0.15) is 0 Å². The molecule has 0 fully saturated rings. The average Bonchev–Trinajstić information content (AvgIpc) is 3.02. The van der Waals surface area contributed by atoms with Crippen LogP contribution in [0.4, 0.5) is 10.3 Å². The number of carboxylic acids is 2. The van der Waals surface area contributed by atoms with Gasteiger partial charge in [0.1, 0.15) is 5.82 Å². The summed E-state index contributed by atoms with van der Waals surface area (Å²) in [6.07, 6.45) is 1.80. The largest absolute Gasteiger partial charge is 0.473 e. The lowest BCUT2D eigenvalue weighted by molar-refractivity contribution is -0.159. The Morgan fingerprint density at radius 2 is 1.75 bits per heavy atom. The van der Waals surface area contributed by atoms with Crippen LogP contribution in [0.3, 0.4) is 0 Å². The second kappa shape index (κ2) is 9.31. The number of carboxylic acid groups (broad SMARTS) is 2. The highest BCUT2D eigenvalue weighted by molar-refractivity contribution is 6.27. The first-order chi connectivity index (χ1) is 13.3. The van der Waals surface area contributed by atoms with Crippen molar-refractivity contribution in [2.45, 2.75) is 13.5 Å². The van der Waals surface area contributed by atoms with Gasteiger partial charge in [-0.15, -0.1) is 0 Å². The van der Waals surface area contributed by atoms with Crippen molar-refractivity contribution in [1.29, 1.82) is 0 Å². The minimum atomic E-state index is -1.82. The number of carbonyl (C=O) groups is 2. The van der Waals surface area contributed by atoms with Crippen molar-refractivity contribution in [2.75, 3.05) is 5.32 Å². The van der Waals surface area contributed by atoms with Crippen molar-refractivity contribution >= 4 is 17.9 Å². The molecule has 0 bridgehead atoms. The molecule has 0 radical (unpaired) electrons. The van der Waals surface area contributed by atoms with Crippen molar-refractivity contribution < 1.29 is 24.2 Å². The van der Waals surface area contributed by atoms with E-state index in [1.807, 2.05) is 11.6 Å². The van der Waals surface area contributed by atoms with Gasteiger partial charge in [-0.3, -0.25) is 0 Å². The number of halogens is 1. The van der Waals surface area contributed by atoms with Crippen LogP contribution in [0.25, 0.3) is 11.3 Å². The van der Waals surface area contributed by atoms with Gasteiger partial charge in [0.2, 0.25) is 5.95 Å². The minimum absolute atomic E-state index is 0.233. The van der Waals surface area contributed by atoms with E-state index in [4.69, 9.17) is 19.8 Å². The van der Waals surface area contributed by atoms with E-state index in [9.17, 15) is 4.39 Å². The molecule has 28 heavy (non-hydrogen) atoms. The van der Waals surface area contributed by atoms with Crippen molar-refractivity contribution in [1.82, 2.24) is 9.55 Å². The summed E-state index contributed by atoms with van der Waals surface area (Å²) in [5.41, 5.74) is 4.35. The lowest BCUT2D eigenvalue weighted by atomic mass is 10.1. The van der Waals surface area contributed by atoms with Gasteiger partial charge in [0.05, 0.1) is 11.9 Å². The molecule has 0 saturated heterocycles. The van der Waals surface area contributed by atoms with Crippen LogP contribution in [0.1, 0.15) is 11.1 Å². The average molecular weight is 385 g/mol. The smallest absolute Gasteiger partial charge is 0.414 e. The van der Waals surface area contributed by atoms with E-state index in [1.54, 1.807) is 18.3 Å². The molecule has 1 aromatic heterocycles. The minimum Gasteiger partial charge on any atom is -0.473 e. The van der Waals surface area contributed by atoms with Crippen LogP contribution in [-0.4, -0.2) is 31.7 Å². The fourth-order valence-corrected chi connectivity index (χ4v) is 2.47. The first kappa shape index (κ1) is 20.6. The van der Waals surface area contributed by atoms with E-state index < -0.39 is 11.9 Å². The van der Waals surface area contributed by atoms with E-state index in [0.29, 0.717) is 0 Å². The van der Waals surface area contributed by atoms with E-state index in [2.05, 4.69) is 41.5 Å². The fourth-order valence-electron chi connectivity index (χ4n) is 2.47. The number of anilines is 1. The molecule has 0 aliphatic heterocycles. The zero-order valence-electron chi connectivity index (χ0n) is 15.4. The standard InChI is InChI=1S/C18H18FN3.C2H2O4/c1-13-4-3-5-14(10-13)11-20-18-21-12-17(22(18)2)15-6-8-16(19)9-7-15;3-1(4)2(5)6/h3-10,12H,11H2,1-2H3,(H,20,21);(H,3,4)(H,5,6). The summed E-state index contributed by atoms with van der Waals surface area (Å²) in [5.74, 6) is -3.09.